The molecule has 2 aromatic heterocycles. The van der Waals surface area contributed by atoms with Crippen molar-refractivity contribution in [2.24, 2.45) is 0 Å². The highest BCUT2D eigenvalue weighted by Crippen LogP contribution is 2.30. The predicted octanol–water partition coefficient (Wildman–Crippen LogP) is 5.45. The number of anilines is 3. The second kappa shape index (κ2) is 7.30. The number of hydrogen-bond donors (Lipinski definition) is 2. The van der Waals surface area contributed by atoms with E-state index in [-0.39, 0.29) is 5.54 Å². The summed E-state index contributed by atoms with van der Waals surface area (Å²) in [4.78, 5) is 13.3. The van der Waals surface area contributed by atoms with Crippen molar-refractivity contribution in [3.63, 3.8) is 0 Å². The summed E-state index contributed by atoms with van der Waals surface area (Å²) >= 11 is 6.35. The first-order valence-corrected chi connectivity index (χ1v) is 8.79. The summed E-state index contributed by atoms with van der Waals surface area (Å²) in [6, 6.07) is 11.6. The molecule has 0 fully saturated rings. The van der Waals surface area contributed by atoms with Gasteiger partial charge in [0.15, 0.2) is 0 Å². The van der Waals surface area contributed by atoms with E-state index in [0.717, 1.165) is 22.5 Å². The molecule has 2 heterocycles. The van der Waals surface area contributed by atoms with E-state index in [1.54, 1.807) is 12.4 Å². The van der Waals surface area contributed by atoms with Crippen LogP contribution < -0.4 is 10.6 Å². The van der Waals surface area contributed by atoms with Crippen molar-refractivity contribution >= 4 is 29.1 Å². The van der Waals surface area contributed by atoms with Crippen molar-refractivity contribution in [3.05, 3.63) is 59.4 Å². The number of nitrogens with one attached hydrogen (secondary N) is 2. The summed E-state index contributed by atoms with van der Waals surface area (Å²) in [7, 11) is 0. The van der Waals surface area contributed by atoms with Crippen LogP contribution in [-0.2, 0) is 0 Å². The molecule has 134 valence electrons. The van der Waals surface area contributed by atoms with E-state index in [1.165, 1.54) is 0 Å². The van der Waals surface area contributed by atoms with Gasteiger partial charge in [0.25, 0.3) is 0 Å². The van der Waals surface area contributed by atoms with Gasteiger partial charge in [0, 0.05) is 29.6 Å². The zero-order valence-electron chi connectivity index (χ0n) is 15.3. The number of halogens is 1. The van der Waals surface area contributed by atoms with Crippen LogP contribution in [0.3, 0.4) is 0 Å². The number of aryl methyl sites for hydroxylation is 1. The lowest BCUT2D eigenvalue weighted by atomic mass is 10.1. The van der Waals surface area contributed by atoms with Crippen molar-refractivity contribution in [2.45, 2.75) is 33.2 Å². The van der Waals surface area contributed by atoms with Gasteiger partial charge in [-0.2, -0.15) is 4.98 Å². The van der Waals surface area contributed by atoms with E-state index in [2.05, 4.69) is 46.4 Å². The minimum atomic E-state index is -0.158. The lowest BCUT2D eigenvalue weighted by Gasteiger charge is -2.21. The largest absolute Gasteiger partial charge is 0.350 e. The molecule has 0 saturated heterocycles. The van der Waals surface area contributed by atoms with Gasteiger partial charge in [-0.1, -0.05) is 23.7 Å². The minimum Gasteiger partial charge on any atom is -0.350 e. The Labute approximate surface area is 158 Å². The van der Waals surface area contributed by atoms with Gasteiger partial charge < -0.3 is 10.6 Å². The highest BCUT2D eigenvalue weighted by molar-refractivity contribution is 6.33. The molecule has 1 aromatic carbocycles. The SMILES string of the molecule is Cc1cccc(Cl)c1Nc1cc(-c2ccncc2)nc(NC(C)(C)C)n1. The molecule has 0 aliphatic rings. The number of pyridine rings is 1. The zero-order valence-corrected chi connectivity index (χ0v) is 16.1. The molecule has 0 bridgehead atoms. The van der Waals surface area contributed by atoms with Crippen LogP contribution in [0.5, 0.6) is 0 Å². The minimum absolute atomic E-state index is 0.158. The Morgan fingerprint density at radius 2 is 1.73 bits per heavy atom. The molecule has 0 spiro atoms. The van der Waals surface area contributed by atoms with Crippen LogP contribution in [0.15, 0.2) is 48.8 Å². The molecule has 0 radical (unpaired) electrons. The molecule has 3 rings (SSSR count). The lowest BCUT2D eigenvalue weighted by Crippen LogP contribution is -2.27. The fraction of sp³-hybridized carbons (Fsp3) is 0.250. The van der Waals surface area contributed by atoms with Crippen LogP contribution in [0.4, 0.5) is 17.5 Å². The summed E-state index contributed by atoms with van der Waals surface area (Å²) in [6.07, 6.45) is 3.50. The molecule has 0 aliphatic heterocycles. The number of rotatable bonds is 4. The quantitative estimate of drug-likeness (QED) is 0.641. The normalized spacial score (nSPS) is 11.3. The Morgan fingerprint density at radius 1 is 1.00 bits per heavy atom. The first kappa shape index (κ1) is 18.1. The third kappa shape index (κ3) is 4.49. The maximum absolute atomic E-state index is 6.35. The maximum atomic E-state index is 6.35. The van der Waals surface area contributed by atoms with Crippen LogP contribution in [0.2, 0.25) is 5.02 Å². The summed E-state index contributed by atoms with van der Waals surface area (Å²) in [5.41, 5.74) is 3.51. The Kier molecular flexibility index (Phi) is 5.09. The van der Waals surface area contributed by atoms with Gasteiger partial charge in [-0.3, -0.25) is 4.98 Å². The fourth-order valence-electron chi connectivity index (χ4n) is 2.49. The molecular formula is C20H22ClN5. The Morgan fingerprint density at radius 3 is 2.38 bits per heavy atom. The Bertz CT molecular complexity index is 884. The van der Waals surface area contributed by atoms with E-state index in [0.29, 0.717) is 16.8 Å². The van der Waals surface area contributed by atoms with Gasteiger partial charge in [0.1, 0.15) is 5.82 Å². The Balaban J connectivity index is 2.05. The predicted molar refractivity (Wildman–Crippen MR) is 108 cm³/mol. The third-order valence-electron chi connectivity index (χ3n) is 3.66. The van der Waals surface area contributed by atoms with Gasteiger partial charge in [-0.25, -0.2) is 4.98 Å². The van der Waals surface area contributed by atoms with E-state index in [4.69, 9.17) is 11.6 Å². The van der Waals surface area contributed by atoms with Crippen LogP contribution in [0.1, 0.15) is 26.3 Å². The zero-order chi connectivity index (χ0) is 18.7. The van der Waals surface area contributed by atoms with Crippen LogP contribution in [0.25, 0.3) is 11.3 Å². The third-order valence-corrected chi connectivity index (χ3v) is 3.98. The average Bonchev–Trinajstić information content (AvgIpc) is 2.57. The molecule has 5 nitrogen and oxygen atoms in total. The van der Waals surface area contributed by atoms with E-state index < -0.39 is 0 Å². The molecule has 0 unspecified atom stereocenters. The smallest absolute Gasteiger partial charge is 0.225 e. The van der Waals surface area contributed by atoms with Crippen LogP contribution in [0, 0.1) is 6.92 Å². The molecule has 3 aromatic rings. The number of aromatic nitrogens is 3. The highest BCUT2D eigenvalue weighted by Gasteiger charge is 2.15. The lowest BCUT2D eigenvalue weighted by molar-refractivity contribution is 0.626. The van der Waals surface area contributed by atoms with Crippen molar-refractivity contribution in [1.29, 1.82) is 0 Å². The van der Waals surface area contributed by atoms with Gasteiger partial charge in [0.2, 0.25) is 5.95 Å². The van der Waals surface area contributed by atoms with Gasteiger partial charge >= 0.3 is 0 Å². The second-order valence-corrected chi connectivity index (χ2v) is 7.54. The number of nitrogens with zero attached hydrogens (tertiary/aromatic N) is 3. The first-order chi connectivity index (χ1) is 12.3. The Hall–Kier alpha value is -2.66. The van der Waals surface area contributed by atoms with Crippen LogP contribution in [-0.4, -0.2) is 20.5 Å². The second-order valence-electron chi connectivity index (χ2n) is 7.13. The number of para-hydroxylation sites is 1. The van der Waals surface area contributed by atoms with Crippen LogP contribution >= 0.6 is 11.6 Å². The van der Waals surface area contributed by atoms with Gasteiger partial charge in [-0.15, -0.1) is 0 Å². The van der Waals surface area contributed by atoms with Crippen molar-refractivity contribution in [2.75, 3.05) is 10.6 Å². The number of benzene rings is 1. The molecule has 26 heavy (non-hydrogen) atoms. The standard InChI is InChI=1S/C20H22ClN5/c1-13-6-5-7-15(21)18(13)24-17-12-16(14-8-10-22-11-9-14)23-19(25-17)26-20(2,3)4/h5-12H,1-4H3,(H2,23,24,25,26). The van der Waals surface area contributed by atoms with Crippen molar-refractivity contribution in [3.8, 4) is 11.3 Å². The van der Waals surface area contributed by atoms with Crippen molar-refractivity contribution in [1.82, 2.24) is 15.0 Å². The molecule has 2 N–H and O–H groups in total. The van der Waals surface area contributed by atoms with Crippen molar-refractivity contribution < 1.29 is 0 Å². The molecule has 0 atom stereocenters. The molecular weight excluding hydrogens is 346 g/mol. The molecule has 0 amide bonds. The average molecular weight is 368 g/mol. The summed E-state index contributed by atoms with van der Waals surface area (Å²) in [6.45, 7) is 8.22. The highest BCUT2D eigenvalue weighted by atomic mass is 35.5. The maximum Gasteiger partial charge on any atom is 0.225 e. The van der Waals surface area contributed by atoms with E-state index in [1.807, 2.05) is 43.3 Å². The van der Waals surface area contributed by atoms with Gasteiger partial charge in [0.05, 0.1) is 16.4 Å². The fourth-order valence-corrected chi connectivity index (χ4v) is 2.76. The van der Waals surface area contributed by atoms with E-state index in [9.17, 15) is 0 Å². The molecule has 0 saturated carbocycles. The monoisotopic (exact) mass is 367 g/mol. The topological polar surface area (TPSA) is 62.7 Å². The summed E-state index contributed by atoms with van der Waals surface area (Å²) in [5, 5.41) is 7.33. The first-order valence-electron chi connectivity index (χ1n) is 8.42. The van der Waals surface area contributed by atoms with Gasteiger partial charge in [-0.05, 0) is 51.5 Å². The number of hydrogen-bond acceptors (Lipinski definition) is 5. The molecule has 6 heteroatoms. The summed E-state index contributed by atoms with van der Waals surface area (Å²) in [5.74, 6) is 1.23. The molecule has 0 aliphatic carbocycles. The summed E-state index contributed by atoms with van der Waals surface area (Å²) < 4.78 is 0. The van der Waals surface area contributed by atoms with E-state index >= 15 is 0 Å².